The van der Waals surface area contributed by atoms with E-state index in [2.05, 4.69) is 11.9 Å². The lowest BCUT2D eigenvalue weighted by molar-refractivity contribution is -0.109. The Labute approximate surface area is 150 Å². The number of amides is 1. The van der Waals surface area contributed by atoms with Gasteiger partial charge in [-0.1, -0.05) is 55.1 Å². The van der Waals surface area contributed by atoms with Gasteiger partial charge in [0.25, 0.3) is 0 Å². The third-order valence-electron chi connectivity index (χ3n) is 3.25. The Morgan fingerprint density at radius 1 is 1.28 bits per heavy atom. The minimum Gasteiger partial charge on any atom is -0.444 e. The van der Waals surface area contributed by atoms with Crippen LogP contribution < -0.4 is 5.32 Å². The average Bonchev–Trinajstić information content (AvgIpc) is 2.53. The molecular formula is C21H27NO3. The van der Waals surface area contributed by atoms with Crippen molar-refractivity contribution in [3.8, 4) is 0 Å². The fourth-order valence-corrected chi connectivity index (χ4v) is 2.23. The third kappa shape index (κ3) is 7.66. The summed E-state index contributed by atoms with van der Waals surface area (Å²) < 4.78 is 5.18. The Hall–Kier alpha value is -2.62. The molecule has 0 aromatic heterocycles. The summed E-state index contributed by atoms with van der Waals surface area (Å²) >= 11 is 0. The zero-order chi connectivity index (χ0) is 18.9. The molecule has 1 amide bonds. The number of allylic oxidation sites excluding steroid dienone is 5. The van der Waals surface area contributed by atoms with Gasteiger partial charge in [0.1, 0.15) is 11.9 Å². The predicted octanol–water partition coefficient (Wildman–Crippen LogP) is 4.47. The highest BCUT2D eigenvalue weighted by Gasteiger charge is 2.19. The van der Waals surface area contributed by atoms with Crippen molar-refractivity contribution in [3.63, 3.8) is 0 Å². The second-order valence-corrected chi connectivity index (χ2v) is 6.65. The molecule has 1 atom stereocenters. The normalized spacial score (nSPS) is 13.4. The molecule has 0 saturated carbocycles. The molecule has 0 radical (unpaired) electrons. The monoisotopic (exact) mass is 341 g/mol. The van der Waals surface area contributed by atoms with Crippen molar-refractivity contribution in [2.45, 2.75) is 45.8 Å². The zero-order valence-electron chi connectivity index (χ0n) is 15.4. The van der Waals surface area contributed by atoms with E-state index in [9.17, 15) is 9.59 Å². The highest BCUT2D eigenvalue weighted by molar-refractivity contribution is 5.75. The molecule has 0 aliphatic carbocycles. The maximum Gasteiger partial charge on any atom is 0.408 e. The number of alkyl carbamates (subject to hydrolysis) is 1. The van der Waals surface area contributed by atoms with Gasteiger partial charge >= 0.3 is 6.09 Å². The highest BCUT2D eigenvalue weighted by Crippen LogP contribution is 2.17. The summed E-state index contributed by atoms with van der Waals surface area (Å²) in [5.41, 5.74) is 2.47. The first kappa shape index (κ1) is 20.4. The van der Waals surface area contributed by atoms with Gasteiger partial charge in [0.2, 0.25) is 0 Å². The molecule has 0 aliphatic rings. The van der Waals surface area contributed by atoms with E-state index < -0.39 is 17.7 Å². The Balaban J connectivity index is 2.78. The number of hydrogen-bond donors (Lipinski definition) is 1. The minimum atomic E-state index is -0.626. The zero-order valence-corrected chi connectivity index (χ0v) is 15.4. The second-order valence-electron chi connectivity index (χ2n) is 6.65. The lowest BCUT2D eigenvalue weighted by Gasteiger charge is -2.21. The van der Waals surface area contributed by atoms with Gasteiger partial charge in [-0.3, -0.25) is 0 Å². The molecule has 1 aromatic carbocycles. The summed E-state index contributed by atoms with van der Waals surface area (Å²) in [4.78, 5) is 23.0. The van der Waals surface area contributed by atoms with E-state index in [0.717, 1.165) is 23.0 Å². The number of carbonyl (C=O) groups excluding carboxylic acids is 2. The largest absolute Gasteiger partial charge is 0.444 e. The molecule has 0 saturated heterocycles. The van der Waals surface area contributed by atoms with Crippen molar-refractivity contribution in [3.05, 3.63) is 66.3 Å². The summed E-state index contributed by atoms with van der Waals surface area (Å²) in [5, 5.41) is 2.58. The Morgan fingerprint density at radius 3 is 2.40 bits per heavy atom. The number of rotatable bonds is 7. The van der Waals surface area contributed by atoms with Crippen LogP contribution >= 0.6 is 0 Å². The standard InChI is InChI=1S/C21H27NO3/c1-6-8-17(9-7-2)18-12-10-16(11-13-18)14-19(15-23)22-20(24)25-21(3,4)5/h6-13,15,19H,1,14H2,2-5H3,(H,22,24)/b9-7-,17-8+. The first-order valence-corrected chi connectivity index (χ1v) is 8.28. The van der Waals surface area contributed by atoms with Crippen molar-refractivity contribution in [2.24, 2.45) is 0 Å². The molecule has 25 heavy (non-hydrogen) atoms. The summed E-state index contributed by atoms with van der Waals surface area (Å²) in [6, 6.07) is 7.24. The van der Waals surface area contributed by atoms with Crippen LogP contribution in [0.3, 0.4) is 0 Å². The molecule has 4 nitrogen and oxygen atoms in total. The predicted molar refractivity (Wildman–Crippen MR) is 102 cm³/mol. The molecule has 0 heterocycles. The smallest absolute Gasteiger partial charge is 0.408 e. The first-order valence-electron chi connectivity index (χ1n) is 8.28. The number of benzene rings is 1. The molecular weight excluding hydrogens is 314 g/mol. The molecule has 134 valence electrons. The van der Waals surface area contributed by atoms with Gasteiger partial charge in [-0.2, -0.15) is 0 Å². The topological polar surface area (TPSA) is 55.4 Å². The molecule has 0 fully saturated rings. The van der Waals surface area contributed by atoms with Gasteiger partial charge in [-0.25, -0.2) is 4.79 Å². The SMILES string of the molecule is C=C/C=C(\C=C/C)c1ccc(CC(C=O)NC(=O)OC(C)(C)C)cc1. The number of ether oxygens (including phenoxy) is 1. The van der Waals surface area contributed by atoms with Crippen LogP contribution in [0.2, 0.25) is 0 Å². The van der Waals surface area contributed by atoms with Crippen molar-refractivity contribution >= 4 is 18.0 Å². The summed E-state index contributed by atoms with van der Waals surface area (Å²) in [7, 11) is 0. The molecule has 1 N–H and O–H groups in total. The Kier molecular flexibility index (Phi) is 7.86. The average molecular weight is 341 g/mol. The van der Waals surface area contributed by atoms with Gasteiger partial charge in [0.05, 0.1) is 6.04 Å². The molecule has 1 rings (SSSR count). The number of aldehydes is 1. The quantitative estimate of drug-likeness (QED) is 0.588. The van der Waals surface area contributed by atoms with Crippen LogP contribution in [-0.4, -0.2) is 24.0 Å². The number of hydrogen-bond acceptors (Lipinski definition) is 3. The molecule has 1 aromatic rings. The van der Waals surface area contributed by atoms with E-state index >= 15 is 0 Å². The van der Waals surface area contributed by atoms with E-state index in [4.69, 9.17) is 4.74 Å². The van der Waals surface area contributed by atoms with Crippen molar-refractivity contribution in [1.29, 1.82) is 0 Å². The molecule has 4 heteroatoms. The summed E-state index contributed by atoms with van der Waals surface area (Å²) in [6.07, 6.45) is 8.20. The summed E-state index contributed by atoms with van der Waals surface area (Å²) in [6.45, 7) is 11.0. The van der Waals surface area contributed by atoms with E-state index in [0.29, 0.717) is 6.42 Å². The maximum atomic E-state index is 11.8. The van der Waals surface area contributed by atoms with E-state index in [1.54, 1.807) is 26.8 Å². The fourth-order valence-electron chi connectivity index (χ4n) is 2.23. The highest BCUT2D eigenvalue weighted by atomic mass is 16.6. The fraction of sp³-hybridized carbons (Fsp3) is 0.333. The van der Waals surface area contributed by atoms with Gasteiger partial charge < -0.3 is 14.8 Å². The third-order valence-corrected chi connectivity index (χ3v) is 3.25. The lowest BCUT2D eigenvalue weighted by atomic mass is 10.0. The second kappa shape index (κ2) is 9.62. The van der Waals surface area contributed by atoms with E-state index in [1.165, 1.54) is 0 Å². The number of carbonyl (C=O) groups is 2. The molecule has 0 spiro atoms. The summed E-state index contributed by atoms with van der Waals surface area (Å²) in [5.74, 6) is 0. The maximum absolute atomic E-state index is 11.8. The van der Waals surface area contributed by atoms with Gasteiger partial charge in [0.15, 0.2) is 0 Å². The van der Waals surface area contributed by atoms with Crippen molar-refractivity contribution in [1.82, 2.24) is 5.32 Å². The minimum absolute atomic E-state index is 0.410. The van der Waals surface area contributed by atoms with Crippen LogP contribution in [0.25, 0.3) is 5.57 Å². The van der Waals surface area contributed by atoms with Gasteiger partial charge in [0, 0.05) is 0 Å². The van der Waals surface area contributed by atoms with Crippen LogP contribution in [0.15, 0.2) is 55.1 Å². The van der Waals surface area contributed by atoms with E-state index in [1.807, 2.05) is 49.4 Å². The Bertz CT molecular complexity index is 649. The molecule has 0 bridgehead atoms. The van der Waals surface area contributed by atoms with Crippen molar-refractivity contribution in [2.75, 3.05) is 0 Å². The van der Waals surface area contributed by atoms with Crippen molar-refractivity contribution < 1.29 is 14.3 Å². The number of nitrogens with one attached hydrogen (secondary N) is 1. The van der Waals surface area contributed by atoms with Crippen LogP contribution in [0.4, 0.5) is 4.79 Å². The van der Waals surface area contributed by atoms with Crippen LogP contribution in [0.1, 0.15) is 38.8 Å². The van der Waals surface area contributed by atoms with Crippen LogP contribution in [-0.2, 0) is 16.0 Å². The Morgan fingerprint density at radius 2 is 1.92 bits per heavy atom. The van der Waals surface area contributed by atoms with Gasteiger partial charge in [-0.05, 0) is 50.8 Å². The first-order chi connectivity index (χ1) is 11.8. The van der Waals surface area contributed by atoms with Gasteiger partial charge in [-0.15, -0.1) is 0 Å². The lowest BCUT2D eigenvalue weighted by Crippen LogP contribution is -2.41. The molecule has 1 unspecified atom stereocenters. The van der Waals surface area contributed by atoms with Crippen LogP contribution in [0.5, 0.6) is 0 Å². The van der Waals surface area contributed by atoms with E-state index in [-0.39, 0.29) is 0 Å². The van der Waals surface area contributed by atoms with Crippen LogP contribution in [0, 0.1) is 0 Å². The molecule has 0 aliphatic heterocycles.